The Balaban J connectivity index is 2.15. The lowest BCUT2D eigenvalue weighted by molar-refractivity contribution is 0.250. The van der Waals surface area contributed by atoms with Gasteiger partial charge in [0.05, 0.1) is 7.11 Å². The zero-order valence-corrected chi connectivity index (χ0v) is 12.4. The van der Waals surface area contributed by atoms with Crippen molar-refractivity contribution in [1.29, 1.82) is 0 Å². The Morgan fingerprint density at radius 2 is 2.10 bits per heavy atom. The number of methoxy groups -OCH3 is 1. The van der Waals surface area contributed by atoms with E-state index in [1.54, 1.807) is 19.2 Å². The molecular weight excluding hydrogens is 253 g/mol. The van der Waals surface area contributed by atoms with Gasteiger partial charge < -0.3 is 14.8 Å². The van der Waals surface area contributed by atoms with Crippen LogP contribution in [0.25, 0.3) is 0 Å². The second-order valence-corrected chi connectivity index (χ2v) is 5.49. The third kappa shape index (κ3) is 3.98. The molecule has 1 aliphatic carbocycles. The van der Waals surface area contributed by atoms with Crippen molar-refractivity contribution in [1.82, 2.24) is 4.90 Å². The van der Waals surface area contributed by atoms with Gasteiger partial charge in [0.25, 0.3) is 0 Å². The number of ether oxygens (including phenoxy) is 1. The maximum Gasteiger partial charge on any atom is 0.488 e. The van der Waals surface area contributed by atoms with Crippen LogP contribution in [0.15, 0.2) is 18.2 Å². The van der Waals surface area contributed by atoms with Crippen LogP contribution in [-0.2, 0) is 6.54 Å². The van der Waals surface area contributed by atoms with E-state index in [1.165, 1.54) is 25.7 Å². The molecule has 0 heterocycles. The quantitative estimate of drug-likeness (QED) is 0.700. The molecule has 0 aliphatic heterocycles. The molecule has 0 bridgehead atoms. The highest BCUT2D eigenvalue weighted by molar-refractivity contribution is 6.59. The number of rotatable bonds is 8. The molecule has 1 aromatic carbocycles. The second-order valence-electron chi connectivity index (χ2n) is 5.49. The zero-order valence-electron chi connectivity index (χ0n) is 12.4. The lowest BCUT2D eigenvalue weighted by atomic mass is 9.77. The molecule has 20 heavy (non-hydrogen) atoms. The van der Waals surface area contributed by atoms with Crippen molar-refractivity contribution in [3.63, 3.8) is 0 Å². The van der Waals surface area contributed by atoms with Crippen molar-refractivity contribution in [2.24, 2.45) is 0 Å². The highest BCUT2D eigenvalue weighted by atomic mass is 16.5. The van der Waals surface area contributed by atoms with Gasteiger partial charge in [-0.1, -0.05) is 19.4 Å². The van der Waals surface area contributed by atoms with E-state index in [9.17, 15) is 10.0 Å². The van der Waals surface area contributed by atoms with Crippen LogP contribution in [0.3, 0.4) is 0 Å². The van der Waals surface area contributed by atoms with Crippen molar-refractivity contribution in [2.75, 3.05) is 13.7 Å². The topological polar surface area (TPSA) is 52.9 Å². The van der Waals surface area contributed by atoms with Gasteiger partial charge in [0.1, 0.15) is 5.75 Å². The number of benzene rings is 1. The maximum absolute atomic E-state index is 9.51. The highest BCUT2D eigenvalue weighted by Crippen LogP contribution is 2.28. The van der Waals surface area contributed by atoms with Gasteiger partial charge in [-0.15, -0.1) is 0 Å². The molecule has 0 amide bonds. The van der Waals surface area contributed by atoms with Gasteiger partial charge >= 0.3 is 7.12 Å². The number of nitrogens with zero attached hydrogens (tertiary/aromatic N) is 1. The summed E-state index contributed by atoms with van der Waals surface area (Å²) >= 11 is 0. The Labute approximate surface area is 121 Å². The number of unbranched alkanes of at least 4 members (excludes halogenated alkanes) is 1. The molecular formula is C15H24BNO3. The van der Waals surface area contributed by atoms with Crippen molar-refractivity contribution < 1.29 is 14.8 Å². The minimum Gasteiger partial charge on any atom is -0.497 e. The van der Waals surface area contributed by atoms with E-state index in [0.717, 1.165) is 24.4 Å². The summed E-state index contributed by atoms with van der Waals surface area (Å²) in [6, 6.07) is 6.09. The predicted octanol–water partition coefficient (Wildman–Crippen LogP) is 1.14. The molecule has 1 aliphatic rings. The predicted molar refractivity (Wildman–Crippen MR) is 81.2 cm³/mol. The Morgan fingerprint density at radius 3 is 2.65 bits per heavy atom. The molecule has 0 atom stereocenters. The third-order valence-corrected chi connectivity index (χ3v) is 3.86. The monoisotopic (exact) mass is 277 g/mol. The van der Waals surface area contributed by atoms with Crippen molar-refractivity contribution in [2.45, 2.75) is 45.2 Å². The van der Waals surface area contributed by atoms with Crippen LogP contribution < -0.4 is 10.2 Å². The van der Waals surface area contributed by atoms with Gasteiger partial charge in [-0.3, -0.25) is 4.90 Å². The summed E-state index contributed by atoms with van der Waals surface area (Å²) in [5.74, 6) is 0.760. The van der Waals surface area contributed by atoms with Crippen molar-refractivity contribution in [3.05, 3.63) is 23.8 Å². The lowest BCUT2D eigenvalue weighted by Crippen LogP contribution is -2.36. The molecule has 2 N–H and O–H groups in total. The highest BCUT2D eigenvalue weighted by Gasteiger charge is 2.29. The molecule has 0 aromatic heterocycles. The average Bonchev–Trinajstić information content (AvgIpc) is 3.27. The van der Waals surface area contributed by atoms with Gasteiger partial charge in [0.2, 0.25) is 0 Å². The lowest BCUT2D eigenvalue weighted by Gasteiger charge is -2.23. The summed E-state index contributed by atoms with van der Waals surface area (Å²) < 4.78 is 5.25. The SMILES string of the molecule is CCCCN(Cc1cc(OC)ccc1B(O)O)C1CC1. The van der Waals surface area contributed by atoms with E-state index in [0.29, 0.717) is 11.5 Å². The van der Waals surface area contributed by atoms with Gasteiger partial charge in [0.15, 0.2) is 0 Å². The molecule has 0 unspecified atom stereocenters. The Hall–Kier alpha value is -1.04. The van der Waals surface area contributed by atoms with Gasteiger partial charge in [-0.05, 0) is 49.0 Å². The van der Waals surface area contributed by atoms with E-state index < -0.39 is 7.12 Å². The van der Waals surface area contributed by atoms with Crippen LogP contribution in [0.4, 0.5) is 0 Å². The Morgan fingerprint density at radius 1 is 1.35 bits per heavy atom. The van der Waals surface area contributed by atoms with E-state index in [-0.39, 0.29) is 0 Å². The largest absolute Gasteiger partial charge is 0.497 e. The molecule has 0 saturated heterocycles. The van der Waals surface area contributed by atoms with Gasteiger partial charge in [-0.2, -0.15) is 0 Å². The van der Waals surface area contributed by atoms with Crippen molar-refractivity contribution >= 4 is 12.6 Å². The minimum absolute atomic E-state index is 0.577. The first-order valence-corrected chi connectivity index (χ1v) is 7.42. The van der Waals surface area contributed by atoms with Crippen LogP contribution in [0.2, 0.25) is 0 Å². The average molecular weight is 277 g/mol. The van der Waals surface area contributed by atoms with Crippen molar-refractivity contribution in [3.8, 4) is 5.75 Å². The minimum atomic E-state index is -1.43. The number of hydrogen-bond donors (Lipinski definition) is 2. The fraction of sp³-hybridized carbons (Fsp3) is 0.600. The zero-order chi connectivity index (χ0) is 14.5. The Kier molecular flexibility index (Phi) is 5.46. The molecule has 110 valence electrons. The molecule has 2 rings (SSSR count). The maximum atomic E-state index is 9.51. The third-order valence-electron chi connectivity index (χ3n) is 3.86. The van der Waals surface area contributed by atoms with Crippen LogP contribution in [-0.4, -0.2) is 41.8 Å². The fourth-order valence-corrected chi connectivity index (χ4v) is 2.51. The first kappa shape index (κ1) is 15.4. The van der Waals surface area contributed by atoms with E-state index in [1.807, 2.05) is 6.07 Å². The molecule has 0 radical (unpaired) electrons. The summed E-state index contributed by atoms with van der Waals surface area (Å²) in [5, 5.41) is 19.0. The first-order chi connectivity index (χ1) is 9.65. The van der Waals surface area contributed by atoms with Gasteiger partial charge in [-0.25, -0.2) is 0 Å². The molecule has 4 nitrogen and oxygen atoms in total. The van der Waals surface area contributed by atoms with E-state index >= 15 is 0 Å². The molecule has 0 spiro atoms. The van der Waals surface area contributed by atoms with Crippen LogP contribution in [0.1, 0.15) is 38.2 Å². The molecule has 1 saturated carbocycles. The van der Waals surface area contributed by atoms with E-state index in [2.05, 4.69) is 11.8 Å². The second kappa shape index (κ2) is 7.11. The van der Waals surface area contributed by atoms with Crippen LogP contribution in [0.5, 0.6) is 5.75 Å². The van der Waals surface area contributed by atoms with E-state index in [4.69, 9.17) is 4.74 Å². The summed E-state index contributed by atoms with van der Waals surface area (Å²) in [4.78, 5) is 2.45. The summed E-state index contributed by atoms with van der Waals surface area (Å²) in [5.41, 5.74) is 1.52. The molecule has 1 fully saturated rings. The fourth-order valence-electron chi connectivity index (χ4n) is 2.51. The normalized spacial score (nSPS) is 14.7. The van der Waals surface area contributed by atoms with Crippen LogP contribution in [0, 0.1) is 0 Å². The van der Waals surface area contributed by atoms with Gasteiger partial charge in [0, 0.05) is 12.6 Å². The van der Waals surface area contributed by atoms with Crippen LogP contribution >= 0.6 is 0 Å². The summed E-state index contributed by atoms with van der Waals surface area (Å²) in [6.07, 6.45) is 4.86. The number of hydrogen-bond acceptors (Lipinski definition) is 4. The standard InChI is InChI=1S/C15H24BNO3/c1-3-4-9-17(13-5-6-13)11-12-10-14(20-2)7-8-15(12)16(18)19/h7-8,10,13,18-19H,3-6,9,11H2,1-2H3. The smallest absolute Gasteiger partial charge is 0.488 e. The molecule has 5 heteroatoms. The summed E-state index contributed by atoms with van der Waals surface area (Å²) in [7, 11) is 0.201. The Bertz CT molecular complexity index is 435. The first-order valence-electron chi connectivity index (χ1n) is 7.42. The molecule has 1 aromatic rings. The summed E-state index contributed by atoms with van der Waals surface area (Å²) in [6.45, 7) is 4.02.